The van der Waals surface area contributed by atoms with Gasteiger partial charge >= 0.3 is 0 Å². The second-order valence-corrected chi connectivity index (χ2v) is 13.7. The number of aryl methyl sites for hydroxylation is 2. The molecule has 0 saturated carbocycles. The summed E-state index contributed by atoms with van der Waals surface area (Å²) in [4.78, 5) is 34.2. The van der Waals surface area contributed by atoms with Gasteiger partial charge in [0.15, 0.2) is 23.0 Å². The number of aliphatic hydroxyl groups is 1. The molecular weight excluding hydrogens is 674 g/mol. The number of rotatable bonds is 17. The highest BCUT2D eigenvalue weighted by Crippen LogP contribution is 2.43. The maximum atomic E-state index is 14.3. The first-order valence-corrected chi connectivity index (χ1v) is 17.7. The maximum Gasteiger partial charge on any atom is 0.160 e. The number of methoxy groups -OCH3 is 1. The van der Waals surface area contributed by atoms with Crippen molar-refractivity contribution in [2.75, 3.05) is 19.0 Å². The number of hydrogen-bond donors (Lipinski definition) is 8. The minimum absolute atomic E-state index is 0.00775. The van der Waals surface area contributed by atoms with E-state index >= 15 is 0 Å². The van der Waals surface area contributed by atoms with Crippen LogP contribution < -0.4 is 10.1 Å². The topological polar surface area (TPSA) is 188 Å². The standard InChI is InChI=1S/C42H45N3O8/c1-53-40-20-26(7-12-37(40)50)6-10-32(48)23-39(52)41-29(24-45-42-28(13-15-44-42)17-27-8-11-36(49)38(51)19-27)21-35-33(14-16-43-35)34(41)22-31(47)9-5-25-3-2-4-30(46)18-25/h2-4,7-8,11-16,18-21,31,34,41,43-47,49-51H,5-6,9-10,17,22-24H2,1H3/t31-,34-,41-/m1/s1. The third-order valence-electron chi connectivity index (χ3n) is 9.94. The van der Waals surface area contributed by atoms with Gasteiger partial charge in [0.05, 0.1) is 19.6 Å². The van der Waals surface area contributed by atoms with Gasteiger partial charge in [0, 0.05) is 49.3 Å². The van der Waals surface area contributed by atoms with Gasteiger partial charge in [0.2, 0.25) is 0 Å². The summed E-state index contributed by atoms with van der Waals surface area (Å²) >= 11 is 0. The molecule has 0 radical (unpaired) electrons. The number of aliphatic hydroxyl groups excluding tert-OH is 1. The Kier molecular flexibility index (Phi) is 11.5. The lowest BCUT2D eigenvalue weighted by Gasteiger charge is -2.34. The van der Waals surface area contributed by atoms with Crippen LogP contribution in [0.25, 0.3) is 6.08 Å². The van der Waals surface area contributed by atoms with Gasteiger partial charge in [-0.1, -0.05) is 24.3 Å². The van der Waals surface area contributed by atoms with Gasteiger partial charge in [-0.3, -0.25) is 9.59 Å². The number of aromatic nitrogens is 2. The Balaban J connectivity index is 1.21. The Morgan fingerprint density at radius 2 is 1.62 bits per heavy atom. The third kappa shape index (κ3) is 9.11. The molecule has 11 nitrogen and oxygen atoms in total. The van der Waals surface area contributed by atoms with Gasteiger partial charge in [-0.05, 0) is 114 Å². The zero-order valence-electron chi connectivity index (χ0n) is 29.5. The lowest BCUT2D eigenvalue weighted by Crippen LogP contribution is -2.33. The van der Waals surface area contributed by atoms with Crippen LogP contribution in [0, 0.1) is 5.92 Å². The van der Waals surface area contributed by atoms with Crippen LogP contribution in [0.3, 0.4) is 0 Å². The molecular formula is C42H45N3O8. The predicted octanol–water partition coefficient (Wildman–Crippen LogP) is 6.52. The molecule has 3 atom stereocenters. The Morgan fingerprint density at radius 3 is 2.42 bits per heavy atom. The first kappa shape index (κ1) is 36.8. The predicted molar refractivity (Wildman–Crippen MR) is 202 cm³/mol. The van der Waals surface area contributed by atoms with E-state index in [-0.39, 0.29) is 60.4 Å². The first-order valence-electron chi connectivity index (χ1n) is 17.7. The summed E-state index contributed by atoms with van der Waals surface area (Å²) in [6.07, 6.45) is 6.77. The highest BCUT2D eigenvalue weighted by atomic mass is 16.5. The SMILES string of the molecule is COc1cc(CCC(=O)CC(=O)[C@@H]2C(CNc3[nH]ccc3Cc3ccc(O)c(O)c3)=Cc3[nH]ccc3[C@H]2C[C@H](O)CCc2cccc(O)c2)ccc1O. The molecule has 1 aliphatic rings. The van der Waals surface area contributed by atoms with Gasteiger partial charge in [0.25, 0.3) is 0 Å². The van der Waals surface area contributed by atoms with Crippen molar-refractivity contribution < 1.29 is 39.9 Å². The molecule has 2 heterocycles. The molecule has 2 aromatic heterocycles. The summed E-state index contributed by atoms with van der Waals surface area (Å²) in [5.41, 5.74) is 5.93. The van der Waals surface area contributed by atoms with Gasteiger partial charge in [0.1, 0.15) is 23.1 Å². The van der Waals surface area contributed by atoms with Gasteiger partial charge < -0.3 is 45.6 Å². The van der Waals surface area contributed by atoms with Crippen molar-refractivity contribution in [3.05, 3.63) is 124 Å². The summed E-state index contributed by atoms with van der Waals surface area (Å²) in [6.45, 7) is 0.278. The van der Waals surface area contributed by atoms with Crippen LogP contribution in [0.5, 0.6) is 28.7 Å². The Morgan fingerprint density at radius 1 is 0.849 bits per heavy atom. The molecule has 8 N–H and O–H groups in total. The van der Waals surface area contributed by atoms with Crippen molar-refractivity contribution in [1.29, 1.82) is 0 Å². The fraction of sp³-hybridized carbons (Fsp3) is 0.286. The number of nitrogens with one attached hydrogen (secondary N) is 3. The van der Waals surface area contributed by atoms with E-state index in [1.165, 1.54) is 25.3 Å². The van der Waals surface area contributed by atoms with E-state index in [0.717, 1.165) is 44.9 Å². The van der Waals surface area contributed by atoms with Crippen molar-refractivity contribution in [2.24, 2.45) is 5.92 Å². The van der Waals surface area contributed by atoms with Crippen molar-refractivity contribution in [1.82, 2.24) is 9.97 Å². The molecule has 3 aromatic carbocycles. The first-order chi connectivity index (χ1) is 25.6. The van der Waals surface area contributed by atoms with Crippen LogP contribution in [-0.2, 0) is 28.9 Å². The Bertz CT molecular complexity index is 2100. The van der Waals surface area contributed by atoms with Crippen molar-refractivity contribution in [3.8, 4) is 28.7 Å². The summed E-state index contributed by atoms with van der Waals surface area (Å²) < 4.78 is 5.20. The van der Waals surface area contributed by atoms with Crippen molar-refractivity contribution >= 4 is 23.5 Å². The molecule has 0 fully saturated rings. The summed E-state index contributed by atoms with van der Waals surface area (Å²) in [5.74, 6) is -0.703. The van der Waals surface area contributed by atoms with Crippen molar-refractivity contribution in [2.45, 2.75) is 57.0 Å². The van der Waals surface area contributed by atoms with Gasteiger partial charge in [-0.15, -0.1) is 0 Å². The maximum absolute atomic E-state index is 14.3. The lowest BCUT2D eigenvalue weighted by atomic mass is 9.71. The Labute approximate surface area is 307 Å². The largest absolute Gasteiger partial charge is 0.508 e. The van der Waals surface area contributed by atoms with Gasteiger partial charge in [-0.25, -0.2) is 0 Å². The van der Waals surface area contributed by atoms with Crippen molar-refractivity contribution in [3.63, 3.8) is 0 Å². The molecule has 0 saturated heterocycles. The number of aromatic hydroxyl groups is 4. The van der Waals surface area contributed by atoms with Crippen LogP contribution in [0.2, 0.25) is 0 Å². The van der Waals surface area contributed by atoms with E-state index in [2.05, 4.69) is 15.3 Å². The number of benzene rings is 3. The van der Waals surface area contributed by atoms with Crippen LogP contribution in [0.4, 0.5) is 5.82 Å². The molecule has 0 amide bonds. The van der Waals surface area contributed by atoms with E-state index in [9.17, 15) is 35.1 Å². The number of carbonyl (C=O) groups is 2. The molecule has 1 aliphatic carbocycles. The number of fused-ring (bicyclic) bond motifs is 1. The molecule has 6 rings (SSSR count). The van der Waals surface area contributed by atoms with Gasteiger partial charge in [-0.2, -0.15) is 0 Å². The number of phenols is 4. The van der Waals surface area contributed by atoms with E-state index in [1.807, 2.05) is 30.5 Å². The zero-order valence-corrected chi connectivity index (χ0v) is 29.5. The number of carbonyl (C=O) groups excluding carboxylic acids is 2. The fourth-order valence-corrected chi connectivity index (χ4v) is 7.22. The molecule has 11 heteroatoms. The highest BCUT2D eigenvalue weighted by molar-refractivity contribution is 6.02. The number of H-pyrrole nitrogens is 2. The molecule has 0 bridgehead atoms. The summed E-state index contributed by atoms with van der Waals surface area (Å²) in [5, 5.41) is 54.4. The number of phenolic OH excluding ortho intramolecular Hbond substituents is 4. The fourth-order valence-electron chi connectivity index (χ4n) is 7.22. The second kappa shape index (κ2) is 16.6. The molecule has 5 aromatic rings. The quantitative estimate of drug-likeness (QED) is 0.0391. The smallest absolute Gasteiger partial charge is 0.160 e. The average molecular weight is 720 g/mol. The van der Waals surface area contributed by atoms with E-state index in [1.54, 1.807) is 42.6 Å². The Hall–Kier alpha value is -5.94. The molecule has 0 unspecified atom stereocenters. The number of anilines is 1. The van der Waals surface area contributed by atoms with E-state index < -0.39 is 17.9 Å². The number of ketones is 2. The van der Waals surface area contributed by atoms with E-state index in [4.69, 9.17) is 4.74 Å². The minimum Gasteiger partial charge on any atom is -0.508 e. The monoisotopic (exact) mass is 719 g/mol. The molecule has 276 valence electrons. The van der Waals surface area contributed by atoms with Crippen LogP contribution in [-0.4, -0.2) is 66.8 Å². The molecule has 0 aliphatic heterocycles. The average Bonchev–Trinajstić information content (AvgIpc) is 3.80. The normalized spacial score (nSPS) is 15.7. The molecule has 53 heavy (non-hydrogen) atoms. The number of hydrogen-bond acceptors (Lipinski definition) is 9. The summed E-state index contributed by atoms with van der Waals surface area (Å²) in [7, 11) is 1.46. The summed E-state index contributed by atoms with van der Waals surface area (Å²) in [6, 6.07) is 20.4. The van der Waals surface area contributed by atoms with Crippen LogP contribution in [0.15, 0.2) is 90.8 Å². The number of Topliss-reactive ketones (excluding diaryl/α,β-unsaturated/α-hetero) is 2. The van der Waals surface area contributed by atoms with Crippen LogP contribution in [0.1, 0.15) is 65.1 Å². The number of ether oxygens (including phenoxy) is 1. The molecule has 0 spiro atoms. The second-order valence-electron chi connectivity index (χ2n) is 13.7. The van der Waals surface area contributed by atoms with Crippen LogP contribution >= 0.6 is 0 Å². The highest BCUT2D eigenvalue weighted by Gasteiger charge is 2.38. The number of aromatic amines is 2. The van der Waals surface area contributed by atoms with E-state index in [0.29, 0.717) is 31.4 Å². The minimum atomic E-state index is -0.760. The zero-order chi connectivity index (χ0) is 37.5. The third-order valence-corrected chi connectivity index (χ3v) is 9.94. The lowest BCUT2D eigenvalue weighted by molar-refractivity contribution is -0.129.